The first kappa shape index (κ1) is 9.94. The molecular formula is C6H10ClN5O. The minimum absolute atomic E-state index is 0.0136. The zero-order chi connectivity index (χ0) is 9.84. The van der Waals surface area contributed by atoms with Crippen molar-refractivity contribution in [3.63, 3.8) is 0 Å². The van der Waals surface area contributed by atoms with Crippen molar-refractivity contribution in [2.24, 2.45) is 0 Å². The molecule has 0 aromatic carbocycles. The Hall–Kier alpha value is -1.14. The van der Waals surface area contributed by atoms with Gasteiger partial charge in [-0.1, -0.05) is 0 Å². The van der Waals surface area contributed by atoms with Crippen molar-refractivity contribution < 1.29 is 5.11 Å². The molecule has 0 bridgehead atoms. The fourth-order valence-corrected chi connectivity index (χ4v) is 0.937. The van der Waals surface area contributed by atoms with Crippen LogP contribution in [-0.4, -0.2) is 40.3 Å². The molecule has 13 heavy (non-hydrogen) atoms. The van der Waals surface area contributed by atoms with E-state index in [1.54, 1.807) is 11.9 Å². The Morgan fingerprint density at radius 2 is 2.15 bits per heavy atom. The molecule has 0 fully saturated rings. The average molecular weight is 204 g/mol. The van der Waals surface area contributed by atoms with Crippen LogP contribution in [0.3, 0.4) is 0 Å². The first-order valence-electron chi connectivity index (χ1n) is 3.62. The van der Waals surface area contributed by atoms with Crippen LogP contribution < -0.4 is 10.6 Å². The van der Waals surface area contributed by atoms with Crippen molar-refractivity contribution in [1.29, 1.82) is 0 Å². The number of nitrogens with two attached hydrogens (primary N) is 1. The number of likely N-dealkylation sites (N-methyl/N-ethyl adjacent to an activating group) is 1. The number of rotatable bonds is 3. The molecule has 6 nitrogen and oxygen atoms in total. The van der Waals surface area contributed by atoms with E-state index in [4.69, 9.17) is 22.4 Å². The molecule has 1 aromatic heterocycles. The molecule has 0 radical (unpaired) electrons. The van der Waals surface area contributed by atoms with Crippen LogP contribution in [0, 0.1) is 0 Å². The molecule has 3 N–H and O–H groups in total. The maximum Gasteiger partial charge on any atom is 0.231 e. The molecule has 0 aliphatic rings. The highest BCUT2D eigenvalue weighted by Gasteiger charge is 2.06. The van der Waals surface area contributed by atoms with Crippen molar-refractivity contribution >= 4 is 23.5 Å². The number of hydrogen-bond acceptors (Lipinski definition) is 6. The molecule has 0 atom stereocenters. The van der Waals surface area contributed by atoms with Gasteiger partial charge >= 0.3 is 0 Å². The lowest BCUT2D eigenvalue weighted by Crippen LogP contribution is -2.24. The minimum atomic E-state index is 0.0136. The van der Waals surface area contributed by atoms with E-state index >= 15 is 0 Å². The molecule has 0 saturated heterocycles. The minimum Gasteiger partial charge on any atom is -0.395 e. The Morgan fingerprint density at radius 1 is 1.46 bits per heavy atom. The summed E-state index contributed by atoms with van der Waals surface area (Å²) in [5.41, 5.74) is 5.36. The van der Waals surface area contributed by atoms with Crippen LogP contribution in [-0.2, 0) is 0 Å². The number of aliphatic hydroxyl groups is 1. The largest absolute Gasteiger partial charge is 0.395 e. The van der Waals surface area contributed by atoms with Crippen molar-refractivity contribution in [1.82, 2.24) is 15.0 Å². The summed E-state index contributed by atoms with van der Waals surface area (Å²) < 4.78 is 0. The molecule has 0 unspecified atom stereocenters. The summed E-state index contributed by atoms with van der Waals surface area (Å²) >= 11 is 5.56. The van der Waals surface area contributed by atoms with Gasteiger partial charge in [0.1, 0.15) is 0 Å². The molecular weight excluding hydrogens is 194 g/mol. The quantitative estimate of drug-likeness (QED) is 0.691. The number of nitrogens with zero attached hydrogens (tertiary/aromatic N) is 4. The third-order valence-electron chi connectivity index (χ3n) is 1.39. The van der Waals surface area contributed by atoms with Gasteiger partial charge in [0.2, 0.25) is 17.2 Å². The normalized spacial score (nSPS) is 10.1. The summed E-state index contributed by atoms with van der Waals surface area (Å²) in [6.07, 6.45) is 0. The summed E-state index contributed by atoms with van der Waals surface area (Å²) in [6, 6.07) is 0. The van der Waals surface area contributed by atoms with Gasteiger partial charge in [0.15, 0.2) is 0 Å². The molecule has 0 spiro atoms. The molecule has 0 saturated carbocycles. The van der Waals surface area contributed by atoms with Gasteiger partial charge < -0.3 is 15.7 Å². The van der Waals surface area contributed by atoms with Gasteiger partial charge in [0.05, 0.1) is 6.61 Å². The van der Waals surface area contributed by atoms with Gasteiger partial charge in [-0.05, 0) is 11.6 Å². The van der Waals surface area contributed by atoms with Gasteiger partial charge in [-0.2, -0.15) is 15.0 Å². The van der Waals surface area contributed by atoms with Crippen molar-refractivity contribution in [2.75, 3.05) is 30.8 Å². The van der Waals surface area contributed by atoms with Crippen LogP contribution >= 0.6 is 11.6 Å². The molecule has 1 rings (SSSR count). The highest BCUT2D eigenvalue weighted by atomic mass is 35.5. The van der Waals surface area contributed by atoms with Crippen molar-refractivity contribution in [3.8, 4) is 0 Å². The van der Waals surface area contributed by atoms with Crippen LogP contribution in [0.15, 0.2) is 0 Å². The third-order valence-corrected chi connectivity index (χ3v) is 1.56. The Balaban J connectivity index is 2.87. The van der Waals surface area contributed by atoms with Gasteiger partial charge in [0.25, 0.3) is 0 Å². The van der Waals surface area contributed by atoms with Crippen LogP contribution in [0.2, 0.25) is 5.28 Å². The number of aliphatic hydroxyl groups excluding tert-OH is 1. The highest BCUT2D eigenvalue weighted by molar-refractivity contribution is 6.28. The zero-order valence-electron chi connectivity index (χ0n) is 7.11. The van der Waals surface area contributed by atoms with Crippen LogP contribution in [0.25, 0.3) is 0 Å². The van der Waals surface area contributed by atoms with E-state index in [1.165, 1.54) is 0 Å². The topological polar surface area (TPSA) is 88.2 Å². The third kappa shape index (κ3) is 2.67. The van der Waals surface area contributed by atoms with E-state index in [-0.39, 0.29) is 17.8 Å². The van der Waals surface area contributed by atoms with Gasteiger partial charge in [-0.15, -0.1) is 0 Å². The van der Waals surface area contributed by atoms with E-state index in [9.17, 15) is 0 Å². The zero-order valence-corrected chi connectivity index (χ0v) is 7.86. The lowest BCUT2D eigenvalue weighted by atomic mass is 10.6. The molecule has 0 amide bonds. The number of hydrogen-bond donors (Lipinski definition) is 2. The first-order chi connectivity index (χ1) is 6.13. The summed E-state index contributed by atoms with van der Waals surface area (Å²) in [4.78, 5) is 12.9. The number of aromatic nitrogens is 3. The summed E-state index contributed by atoms with van der Waals surface area (Å²) in [6.45, 7) is 0.430. The maximum atomic E-state index is 8.66. The SMILES string of the molecule is CN(CCO)c1nc(N)nc(Cl)n1. The molecule has 1 aromatic rings. The summed E-state index contributed by atoms with van der Waals surface area (Å²) in [5.74, 6) is 0.423. The standard InChI is InChI=1S/C6H10ClN5O/c1-12(2-3-13)6-10-4(7)9-5(8)11-6/h13H,2-3H2,1H3,(H2,8,9,10,11). The van der Waals surface area contributed by atoms with Crippen LogP contribution in [0.5, 0.6) is 0 Å². The van der Waals surface area contributed by atoms with E-state index in [0.717, 1.165) is 0 Å². The number of halogens is 1. The molecule has 1 heterocycles. The Bertz CT molecular complexity index is 274. The molecule has 7 heteroatoms. The number of anilines is 2. The fraction of sp³-hybridized carbons (Fsp3) is 0.500. The van der Waals surface area contributed by atoms with E-state index in [2.05, 4.69) is 15.0 Å². The van der Waals surface area contributed by atoms with E-state index in [0.29, 0.717) is 12.5 Å². The molecule has 0 aliphatic carbocycles. The Kier molecular flexibility index (Phi) is 3.21. The predicted octanol–water partition coefficient (Wildman–Crippen LogP) is -0.464. The monoisotopic (exact) mass is 203 g/mol. The van der Waals surface area contributed by atoms with E-state index in [1.807, 2.05) is 0 Å². The Morgan fingerprint density at radius 3 is 2.69 bits per heavy atom. The summed E-state index contributed by atoms with van der Waals surface area (Å²) in [5, 5.41) is 8.71. The lowest BCUT2D eigenvalue weighted by Gasteiger charge is -2.14. The van der Waals surface area contributed by atoms with Crippen molar-refractivity contribution in [2.45, 2.75) is 0 Å². The second-order valence-corrected chi connectivity index (χ2v) is 2.75. The van der Waals surface area contributed by atoms with Gasteiger partial charge in [-0.3, -0.25) is 0 Å². The Labute approximate surface area is 80.4 Å². The smallest absolute Gasteiger partial charge is 0.231 e. The van der Waals surface area contributed by atoms with Crippen LogP contribution in [0.4, 0.5) is 11.9 Å². The van der Waals surface area contributed by atoms with Gasteiger partial charge in [0, 0.05) is 13.6 Å². The maximum absolute atomic E-state index is 8.66. The highest BCUT2D eigenvalue weighted by Crippen LogP contribution is 2.09. The van der Waals surface area contributed by atoms with Crippen molar-refractivity contribution in [3.05, 3.63) is 5.28 Å². The van der Waals surface area contributed by atoms with Crippen LogP contribution in [0.1, 0.15) is 0 Å². The molecule has 0 aliphatic heterocycles. The first-order valence-corrected chi connectivity index (χ1v) is 4.00. The van der Waals surface area contributed by atoms with Gasteiger partial charge in [-0.25, -0.2) is 0 Å². The lowest BCUT2D eigenvalue weighted by molar-refractivity contribution is 0.303. The second-order valence-electron chi connectivity index (χ2n) is 2.41. The second kappa shape index (κ2) is 4.20. The predicted molar refractivity (Wildman–Crippen MR) is 49.6 cm³/mol. The fourth-order valence-electron chi connectivity index (χ4n) is 0.775. The van der Waals surface area contributed by atoms with E-state index < -0.39 is 0 Å². The molecule has 72 valence electrons. The average Bonchev–Trinajstić information content (AvgIpc) is 2.03. The summed E-state index contributed by atoms with van der Waals surface area (Å²) in [7, 11) is 1.72. The number of nitrogen functional groups attached to an aromatic ring is 1.